The second-order valence-electron chi connectivity index (χ2n) is 3.81. The molecule has 2 heterocycles. The maximum Gasteiger partial charge on any atom is 0.183 e. The smallest absolute Gasteiger partial charge is 0.183 e. The highest BCUT2D eigenvalue weighted by molar-refractivity contribution is 5.54. The van der Waals surface area contributed by atoms with Gasteiger partial charge in [-0.2, -0.15) is 0 Å². The van der Waals surface area contributed by atoms with E-state index in [4.69, 9.17) is 5.84 Å². The van der Waals surface area contributed by atoms with Crippen molar-refractivity contribution in [3.05, 3.63) is 54.2 Å². The van der Waals surface area contributed by atoms with Crippen molar-refractivity contribution in [2.75, 3.05) is 5.84 Å². The summed E-state index contributed by atoms with van der Waals surface area (Å²) in [4.78, 5) is 12.4. The third kappa shape index (κ3) is 1.71. The Morgan fingerprint density at radius 1 is 1.06 bits per heavy atom. The topological polar surface area (TPSA) is 69.6 Å². The molecule has 3 rings (SSSR count). The van der Waals surface area contributed by atoms with Gasteiger partial charge in [-0.15, -0.1) is 0 Å². The van der Waals surface area contributed by atoms with Gasteiger partial charge in [0.05, 0.1) is 5.69 Å². The molecule has 5 heteroatoms. The molecule has 17 heavy (non-hydrogen) atoms. The number of hydrogen-bond acceptors (Lipinski definition) is 4. The maximum atomic E-state index is 5.88. The van der Waals surface area contributed by atoms with E-state index in [0.29, 0.717) is 5.82 Å². The maximum absolute atomic E-state index is 5.88. The average Bonchev–Trinajstić information content (AvgIpc) is 2.83. The first-order valence-electron chi connectivity index (χ1n) is 5.30. The van der Waals surface area contributed by atoms with Crippen LogP contribution in [-0.2, 0) is 6.42 Å². The molecule has 0 radical (unpaired) electrons. The predicted molar refractivity (Wildman–Crippen MR) is 63.8 cm³/mol. The minimum atomic E-state index is 0.637. The molecule has 2 aliphatic rings. The Labute approximate surface area is 98.3 Å². The number of rotatable bonds is 2. The summed E-state index contributed by atoms with van der Waals surface area (Å²) in [6.07, 6.45) is 3.79. The molecule has 0 atom stereocenters. The molecule has 0 aromatic heterocycles. The Morgan fingerprint density at radius 3 is 2.71 bits per heavy atom. The number of fused-ring (bicyclic) bond motifs is 1. The van der Waals surface area contributed by atoms with Crippen LogP contribution >= 0.6 is 0 Å². The van der Waals surface area contributed by atoms with Gasteiger partial charge in [0, 0.05) is 6.42 Å². The highest BCUT2D eigenvalue weighted by Crippen LogP contribution is 2.20. The molecule has 84 valence electrons. The molecule has 0 amide bonds. The van der Waals surface area contributed by atoms with Gasteiger partial charge in [0.25, 0.3) is 0 Å². The average molecular weight is 225 g/mol. The fraction of sp³-hybridized carbons (Fsp3) is 0.0833. The molecule has 1 aromatic rings. The van der Waals surface area contributed by atoms with Crippen molar-refractivity contribution < 1.29 is 0 Å². The van der Waals surface area contributed by atoms with Crippen LogP contribution in [0.2, 0.25) is 0 Å². The monoisotopic (exact) mass is 225 g/mol. The first-order valence-corrected chi connectivity index (χ1v) is 5.30. The SMILES string of the molecule is Nn1cnc2ncnc-2c1Cc1ccccc1. The zero-order chi connectivity index (χ0) is 11.7. The number of aromatic nitrogens is 4. The quantitative estimate of drug-likeness (QED) is 0.662. The van der Waals surface area contributed by atoms with E-state index < -0.39 is 0 Å². The van der Waals surface area contributed by atoms with Crippen LogP contribution in [-0.4, -0.2) is 19.6 Å². The Bertz CT molecular complexity index is 602. The Balaban J connectivity index is 2.06. The summed E-state index contributed by atoms with van der Waals surface area (Å²) in [6, 6.07) is 10.1. The molecule has 0 saturated heterocycles. The Hall–Kier alpha value is -2.43. The van der Waals surface area contributed by atoms with Gasteiger partial charge in [-0.1, -0.05) is 30.3 Å². The Morgan fingerprint density at radius 2 is 1.88 bits per heavy atom. The van der Waals surface area contributed by atoms with Gasteiger partial charge in [0.2, 0.25) is 0 Å². The molecule has 1 aromatic carbocycles. The second-order valence-corrected chi connectivity index (χ2v) is 3.81. The molecular weight excluding hydrogens is 214 g/mol. The summed E-state index contributed by atoms with van der Waals surface area (Å²) in [5, 5.41) is 0. The van der Waals surface area contributed by atoms with E-state index in [-0.39, 0.29) is 0 Å². The van der Waals surface area contributed by atoms with Crippen molar-refractivity contribution in [2.45, 2.75) is 6.42 Å². The summed E-state index contributed by atoms with van der Waals surface area (Å²) in [7, 11) is 0. The zero-order valence-electron chi connectivity index (χ0n) is 9.11. The first kappa shape index (κ1) is 9.77. The number of benzene rings is 1. The van der Waals surface area contributed by atoms with Gasteiger partial charge < -0.3 is 5.84 Å². The zero-order valence-corrected chi connectivity index (χ0v) is 9.11. The standard InChI is InChI=1S/C12H11N5/c13-17-8-16-12-11(14-7-15-12)10(17)6-9-4-2-1-3-5-9/h1-5,7-8H,6,13H2. The number of nitrogens with zero attached hydrogens (tertiary/aromatic N) is 4. The summed E-state index contributed by atoms with van der Waals surface area (Å²) in [6.45, 7) is 0. The molecular formula is C12H11N5. The minimum absolute atomic E-state index is 0.637. The summed E-state index contributed by atoms with van der Waals surface area (Å²) in [5.74, 6) is 6.52. The van der Waals surface area contributed by atoms with E-state index in [1.54, 1.807) is 6.33 Å². The lowest BCUT2D eigenvalue weighted by atomic mass is 10.1. The number of imidazole rings is 1. The highest BCUT2D eigenvalue weighted by atomic mass is 15.3. The van der Waals surface area contributed by atoms with E-state index in [1.165, 1.54) is 16.6 Å². The van der Waals surface area contributed by atoms with Crippen molar-refractivity contribution in [1.82, 2.24) is 19.6 Å². The van der Waals surface area contributed by atoms with Crippen LogP contribution in [0, 0.1) is 0 Å². The molecule has 0 saturated carbocycles. The van der Waals surface area contributed by atoms with Crippen LogP contribution in [0.4, 0.5) is 0 Å². The molecule has 5 nitrogen and oxygen atoms in total. The number of hydrogen-bond donors (Lipinski definition) is 1. The van der Waals surface area contributed by atoms with E-state index >= 15 is 0 Å². The number of nitrogens with two attached hydrogens (primary N) is 1. The first-order chi connectivity index (χ1) is 8.34. The van der Waals surface area contributed by atoms with Crippen molar-refractivity contribution in [3.63, 3.8) is 0 Å². The van der Waals surface area contributed by atoms with Crippen LogP contribution in [0.15, 0.2) is 43.0 Å². The van der Waals surface area contributed by atoms with Crippen LogP contribution < -0.4 is 5.84 Å². The highest BCUT2D eigenvalue weighted by Gasteiger charge is 2.15. The fourth-order valence-corrected chi connectivity index (χ4v) is 1.83. The van der Waals surface area contributed by atoms with Crippen LogP contribution in [0.25, 0.3) is 11.5 Å². The van der Waals surface area contributed by atoms with Crippen molar-refractivity contribution >= 4 is 0 Å². The second kappa shape index (κ2) is 3.86. The molecule has 0 aliphatic carbocycles. The minimum Gasteiger partial charge on any atom is -0.338 e. The molecule has 0 unspecified atom stereocenters. The normalized spacial score (nSPS) is 10.8. The molecule has 2 aliphatic heterocycles. The lowest BCUT2D eigenvalue weighted by Crippen LogP contribution is -2.17. The number of nitrogen functional groups attached to an aromatic ring is 1. The van der Waals surface area contributed by atoms with E-state index in [0.717, 1.165) is 17.8 Å². The summed E-state index contributed by atoms with van der Waals surface area (Å²) < 4.78 is 1.50. The lowest BCUT2D eigenvalue weighted by molar-refractivity contribution is 0.845. The van der Waals surface area contributed by atoms with Gasteiger partial charge in [0.1, 0.15) is 18.3 Å². The third-order valence-electron chi connectivity index (χ3n) is 2.68. The van der Waals surface area contributed by atoms with Gasteiger partial charge in [-0.25, -0.2) is 15.0 Å². The summed E-state index contributed by atoms with van der Waals surface area (Å²) >= 11 is 0. The van der Waals surface area contributed by atoms with Gasteiger partial charge >= 0.3 is 0 Å². The van der Waals surface area contributed by atoms with Crippen LogP contribution in [0.1, 0.15) is 11.3 Å². The third-order valence-corrected chi connectivity index (χ3v) is 2.68. The van der Waals surface area contributed by atoms with Crippen LogP contribution in [0.5, 0.6) is 0 Å². The molecule has 0 fully saturated rings. The van der Waals surface area contributed by atoms with Gasteiger partial charge in [-0.3, -0.25) is 4.68 Å². The predicted octanol–water partition coefficient (Wildman–Crippen LogP) is 1.08. The fourth-order valence-electron chi connectivity index (χ4n) is 1.83. The van der Waals surface area contributed by atoms with Gasteiger partial charge in [-0.05, 0) is 5.56 Å². The van der Waals surface area contributed by atoms with Crippen molar-refractivity contribution in [1.29, 1.82) is 0 Å². The van der Waals surface area contributed by atoms with Crippen LogP contribution in [0.3, 0.4) is 0 Å². The molecule has 0 bridgehead atoms. The van der Waals surface area contributed by atoms with Crippen molar-refractivity contribution in [2.24, 2.45) is 0 Å². The summed E-state index contributed by atoms with van der Waals surface area (Å²) in [5.41, 5.74) is 2.86. The molecule has 0 spiro atoms. The van der Waals surface area contributed by atoms with E-state index in [9.17, 15) is 0 Å². The van der Waals surface area contributed by atoms with Crippen molar-refractivity contribution in [3.8, 4) is 11.5 Å². The molecule has 2 N–H and O–H groups in total. The van der Waals surface area contributed by atoms with Gasteiger partial charge in [0.15, 0.2) is 5.82 Å². The Kier molecular flexibility index (Phi) is 2.22. The van der Waals surface area contributed by atoms with E-state index in [2.05, 4.69) is 27.1 Å². The van der Waals surface area contributed by atoms with E-state index in [1.807, 2.05) is 18.2 Å². The lowest BCUT2D eigenvalue weighted by Gasteiger charge is -2.10. The largest absolute Gasteiger partial charge is 0.338 e.